The van der Waals surface area contributed by atoms with E-state index >= 15 is 0 Å². The van der Waals surface area contributed by atoms with Gasteiger partial charge in [-0.1, -0.05) is 11.6 Å². The third-order valence-electron chi connectivity index (χ3n) is 5.47. The number of hydrogen-bond donors (Lipinski definition) is 0. The van der Waals surface area contributed by atoms with E-state index in [4.69, 9.17) is 4.98 Å². The normalized spacial score (nSPS) is 25.0. The van der Waals surface area contributed by atoms with Gasteiger partial charge < -0.3 is 4.90 Å². The zero-order chi connectivity index (χ0) is 17.5. The summed E-state index contributed by atoms with van der Waals surface area (Å²) in [6, 6.07) is 2.14. The number of aromatic nitrogens is 1. The number of halogens is 1. The Morgan fingerprint density at radius 2 is 2.04 bits per heavy atom. The van der Waals surface area contributed by atoms with E-state index < -0.39 is 0 Å². The molecule has 0 amide bonds. The van der Waals surface area contributed by atoms with Gasteiger partial charge in [0.15, 0.2) is 0 Å². The number of nitrogens with zero attached hydrogens (tertiary/aromatic N) is 2. The fourth-order valence-electron chi connectivity index (χ4n) is 4.05. The lowest BCUT2D eigenvalue weighted by Crippen LogP contribution is -2.28. The van der Waals surface area contributed by atoms with Crippen LogP contribution in [-0.4, -0.2) is 16.4 Å². The van der Waals surface area contributed by atoms with Gasteiger partial charge in [0.2, 0.25) is 0 Å². The van der Waals surface area contributed by atoms with Gasteiger partial charge in [-0.2, -0.15) is 11.3 Å². The predicted molar refractivity (Wildman–Crippen MR) is 107 cm³/mol. The van der Waals surface area contributed by atoms with E-state index in [0.29, 0.717) is 11.8 Å². The van der Waals surface area contributed by atoms with E-state index in [9.17, 15) is 4.39 Å². The van der Waals surface area contributed by atoms with Crippen LogP contribution in [0, 0.1) is 5.92 Å². The highest BCUT2D eigenvalue weighted by molar-refractivity contribution is 7.10. The molecule has 0 aromatic carbocycles. The van der Waals surface area contributed by atoms with Crippen molar-refractivity contribution < 1.29 is 4.39 Å². The molecule has 2 nitrogen and oxygen atoms in total. The van der Waals surface area contributed by atoms with E-state index in [0.717, 1.165) is 37.2 Å². The number of rotatable bonds is 2. The molecule has 2 aliphatic heterocycles. The van der Waals surface area contributed by atoms with Crippen molar-refractivity contribution in [1.82, 2.24) is 9.88 Å². The Hall–Kier alpha value is -1.98. The van der Waals surface area contributed by atoms with Crippen LogP contribution >= 0.6 is 22.7 Å². The molecule has 1 saturated carbocycles. The van der Waals surface area contributed by atoms with Gasteiger partial charge in [0.25, 0.3) is 0 Å². The third-order valence-corrected chi connectivity index (χ3v) is 7.16. The maximum absolute atomic E-state index is 13.6. The summed E-state index contributed by atoms with van der Waals surface area (Å²) in [5.41, 5.74) is 4.90. The van der Waals surface area contributed by atoms with Crippen molar-refractivity contribution in [2.75, 3.05) is 6.54 Å². The minimum atomic E-state index is -0.164. The average Bonchev–Trinajstić information content (AvgIpc) is 3.30. The van der Waals surface area contributed by atoms with Crippen LogP contribution in [0.5, 0.6) is 0 Å². The minimum Gasteiger partial charge on any atom is -0.344 e. The molecular weight excluding hydrogens is 363 g/mol. The molecule has 132 valence electrons. The third kappa shape index (κ3) is 2.99. The van der Waals surface area contributed by atoms with E-state index in [1.54, 1.807) is 34.9 Å². The summed E-state index contributed by atoms with van der Waals surface area (Å²) >= 11 is 3.50. The van der Waals surface area contributed by atoms with Gasteiger partial charge in [-0.15, -0.1) is 11.3 Å². The molecule has 0 unspecified atom stereocenters. The molecule has 3 aliphatic rings. The zero-order valence-corrected chi connectivity index (χ0v) is 15.9. The summed E-state index contributed by atoms with van der Waals surface area (Å²) in [6.45, 7) is 0.875. The lowest BCUT2D eigenvalue weighted by molar-refractivity contribution is 0.331. The Balaban J connectivity index is 1.36. The quantitative estimate of drug-likeness (QED) is 0.609. The topological polar surface area (TPSA) is 16.1 Å². The van der Waals surface area contributed by atoms with Gasteiger partial charge in [0.05, 0.1) is 10.7 Å². The Kier molecular flexibility index (Phi) is 4.14. The molecule has 0 radical (unpaired) electrons. The highest BCUT2D eigenvalue weighted by Gasteiger charge is 2.31. The maximum Gasteiger partial charge on any atom is 0.139 e. The van der Waals surface area contributed by atoms with Crippen molar-refractivity contribution in [2.24, 2.45) is 5.92 Å². The first kappa shape index (κ1) is 16.2. The fourth-order valence-corrected chi connectivity index (χ4v) is 5.66. The Labute approximate surface area is 160 Å². The molecule has 2 atom stereocenters. The lowest BCUT2D eigenvalue weighted by Gasteiger charge is -2.33. The zero-order valence-electron chi connectivity index (χ0n) is 14.3. The van der Waals surface area contributed by atoms with Gasteiger partial charge in [0, 0.05) is 40.7 Å². The monoisotopic (exact) mass is 382 g/mol. The highest BCUT2D eigenvalue weighted by atomic mass is 32.1. The molecular formula is C21H19FN2S2. The van der Waals surface area contributed by atoms with Crippen LogP contribution in [-0.2, 0) is 0 Å². The van der Waals surface area contributed by atoms with E-state index in [2.05, 4.69) is 39.3 Å². The summed E-state index contributed by atoms with van der Waals surface area (Å²) in [6.07, 6.45) is 12.8. The van der Waals surface area contributed by atoms with E-state index in [-0.39, 0.29) is 5.83 Å². The highest BCUT2D eigenvalue weighted by Crippen LogP contribution is 2.43. The van der Waals surface area contributed by atoms with Crippen LogP contribution in [0.15, 0.2) is 69.8 Å². The van der Waals surface area contributed by atoms with E-state index in [1.807, 2.05) is 6.08 Å². The predicted octanol–water partition coefficient (Wildman–Crippen LogP) is 6.26. The summed E-state index contributed by atoms with van der Waals surface area (Å²) in [4.78, 5) is 6.98. The van der Waals surface area contributed by atoms with Crippen molar-refractivity contribution in [3.05, 3.63) is 74.8 Å². The largest absolute Gasteiger partial charge is 0.344 e. The SMILES string of the molecule is FC1=CN2C[C@H]3CC[C@H](c4nc(-c5ccsc5)cs4)CC3=CC=C2C=C1. The van der Waals surface area contributed by atoms with Crippen LogP contribution < -0.4 is 0 Å². The number of hydrogen-bond acceptors (Lipinski definition) is 4. The van der Waals surface area contributed by atoms with Gasteiger partial charge in [-0.05, 0) is 54.9 Å². The molecule has 26 heavy (non-hydrogen) atoms. The number of thiophene rings is 1. The van der Waals surface area contributed by atoms with Gasteiger partial charge in [-0.3, -0.25) is 0 Å². The average molecular weight is 383 g/mol. The molecule has 0 bridgehead atoms. The summed E-state index contributed by atoms with van der Waals surface area (Å²) in [5, 5.41) is 7.70. The van der Waals surface area contributed by atoms with Gasteiger partial charge in [0.1, 0.15) is 5.83 Å². The molecule has 2 aromatic heterocycles. The van der Waals surface area contributed by atoms with Crippen LogP contribution in [0.1, 0.15) is 30.2 Å². The summed E-state index contributed by atoms with van der Waals surface area (Å²) in [7, 11) is 0. The van der Waals surface area contributed by atoms with Crippen LogP contribution in [0.25, 0.3) is 11.3 Å². The Morgan fingerprint density at radius 1 is 1.12 bits per heavy atom. The van der Waals surface area contributed by atoms with Crippen molar-refractivity contribution in [3.8, 4) is 11.3 Å². The second-order valence-electron chi connectivity index (χ2n) is 7.09. The van der Waals surface area contributed by atoms with Crippen LogP contribution in [0.2, 0.25) is 0 Å². The molecule has 5 rings (SSSR count). The molecule has 0 spiro atoms. The molecule has 2 aromatic rings. The summed E-state index contributed by atoms with van der Waals surface area (Å²) in [5.74, 6) is 0.848. The van der Waals surface area contributed by atoms with Crippen molar-refractivity contribution in [3.63, 3.8) is 0 Å². The molecule has 1 fully saturated rings. The smallest absolute Gasteiger partial charge is 0.139 e. The second-order valence-corrected chi connectivity index (χ2v) is 8.76. The van der Waals surface area contributed by atoms with Crippen molar-refractivity contribution in [2.45, 2.75) is 25.2 Å². The van der Waals surface area contributed by atoms with E-state index in [1.165, 1.54) is 16.1 Å². The van der Waals surface area contributed by atoms with Crippen molar-refractivity contribution >= 4 is 22.7 Å². The standard InChI is InChI=1S/C21H19FN2S2/c22-18-4-6-19-5-3-14-9-15(1-2-16(14)10-24(19)11-18)21-23-20(13-26-21)17-7-8-25-12-17/h3-8,11-13,15-16H,1-2,9-10H2/t15-,16+/m0/s1. The Bertz CT molecular complexity index is 933. The lowest BCUT2D eigenvalue weighted by atomic mass is 9.78. The maximum atomic E-state index is 13.6. The minimum absolute atomic E-state index is 0.164. The fraction of sp³-hybridized carbons (Fsp3) is 0.286. The van der Waals surface area contributed by atoms with Crippen LogP contribution in [0.4, 0.5) is 4.39 Å². The number of allylic oxidation sites excluding steroid dienone is 5. The van der Waals surface area contributed by atoms with Gasteiger partial charge in [-0.25, -0.2) is 9.37 Å². The first-order valence-corrected chi connectivity index (χ1v) is 10.8. The molecule has 5 heteroatoms. The second kappa shape index (κ2) is 6.63. The number of fused-ring (bicyclic) bond motifs is 2. The first-order chi connectivity index (χ1) is 12.8. The Morgan fingerprint density at radius 3 is 2.92 bits per heavy atom. The number of thiazole rings is 1. The molecule has 0 N–H and O–H groups in total. The van der Waals surface area contributed by atoms with Gasteiger partial charge >= 0.3 is 0 Å². The van der Waals surface area contributed by atoms with Crippen LogP contribution in [0.3, 0.4) is 0 Å². The van der Waals surface area contributed by atoms with Crippen molar-refractivity contribution in [1.29, 1.82) is 0 Å². The first-order valence-electron chi connectivity index (χ1n) is 8.97. The molecule has 1 aliphatic carbocycles. The molecule has 4 heterocycles. The summed E-state index contributed by atoms with van der Waals surface area (Å²) < 4.78 is 13.6. The molecule has 0 saturated heterocycles.